The first kappa shape index (κ1) is 37.4. The molecule has 0 bridgehead atoms. The Balaban J connectivity index is 1.14. The predicted octanol–water partition coefficient (Wildman–Crippen LogP) is 13.2. The van der Waals surface area contributed by atoms with Gasteiger partial charge in [0.1, 0.15) is 0 Å². The number of hydrogen-bond donors (Lipinski definition) is 0. The molecule has 0 spiro atoms. The molecule has 0 unspecified atom stereocenters. The fourth-order valence-corrected chi connectivity index (χ4v) is 9.02. The fourth-order valence-electron chi connectivity index (χ4n) is 9.02. The van der Waals surface area contributed by atoms with Gasteiger partial charge >= 0.3 is 0 Å². The lowest BCUT2D eigenvalue weighted by Crippen LogP contribution is -2.08. The quantitative estimate of drug-likeness (QED) is 0.151. The van der Waals surface area contributed by atoms with Crippen LogP contribution < -0.4 is 0 Å². The number of nitrogens with zero attached hydrogens (tertiary/aromatic N) is 9. The Kier molecular flexibility index (Phi) is 8.63. The van der Waals surface area contributed by atoms with Crippen molar-refractivity contribution in [1.82, 2.24) is 44.9 Å². The molecule has 0 aliphatic heterocycles. The number of aromatic nitrogens is 9. The smallest absolute Gasteiger partial charge is 0.202 e. The van der Waals surface area contributed by atoms with Gasteiger partial charge in [-0.3, -0.25) is 0 Å². The zero-order valence-corrected chi connectivity index (χ0v) is 35.1. The summed E-state index contributed by atoms with van der Waals surface area (Å²) in [6.07, 6.45) is 0. The average Bonchev–Trinajstić information content (AvgIpc) is 3.40. The molecule has 13 aromatic rings. The van der Waals surface area contributed by atoms with E-state index in [0.29, 0.717) is 17.5 Å². The maximum Gasteiger partial charge on any atom is 0.202 e. The Bertz CT molecular complexity index is 3620. The van der Waals surface area contributed by atoms with E-state index in [-0.39, 0.29) is 17.5 Å². The molecule has 4 heterocycles. The first-order chi connectivity index (χ1) is 32.7. The van der Waals surface area contributed by atoms with Crippen LogP contribution in [0.3, 0.4) is 0 Å². The average molecular weight is 844 g/mol. The summed E-state index contributed by atoms with van der Waals surface area (Å²) in [6, 6.07) is 67.8. The minimum absolute atomic E-state index is 0.229. The van der Waals surface area contributed by atoms with Gasteiger partial charge in [-0.15, -0.1) is 0 Å². The van der Waals surface area contributed by atoms with E-state index in [1.54, 1.807) is 0 Å². The van der Waals surface area contributed by atoms with Crippen LogP contribution in [0, 0.1) is 0 Å². The minimum atomic E-state index is 0.229. The van der Waals surface area contributed by atoms with E-state index < -0.39 is 0 Å². The zero-order chi connectivity index (χ0) is 43.6. The normalized spacial score (nSPS) is 11.6. The van der Waals surface area contributed by atoms with Crippen LogP contribution in [0.5, 0.6) is 0 Å². The van der Waals surface area contributed by atoms with E-state index in [2.05, 4.69) is 109 Å². The summed E-state index contributed by atoms with van der Waals surface area (Å²) in [5, 5.41) is 8.86. The van der Waals surface area contributed by atoms with Crippen molar-refractivity contribution in [3.8, 4) is 68.7 Å². The van der Waals surface area contributed by atoms with E-state index in [0.717, 1.165) is 98.8 Å². The van der Waals surface area contributed by atoms with Crippen LogP contribution in [0.15, 0.2) is 200 Å². The first-order valence-corrected chi connectivity index (χ1v) is 21.7. The summed E-state index contributed by atoms with van der Waals surface area (Å²) in [5.41, 5.74) is 7.40. The van der Waals surface area contributed by atoms with Crippen LogP contribution >= 0.6 is 0 Å². The second-order valence-corrected chi connectivity index (χ2v) is 16.1. The molecule has 0 radical (unpaired) electrons. The first-order valence-electron chi connectivity index (χ1n) is 21.7. The Morgan fingerprint density at radius 2 is 0.439 bits per heavy atom. The van der Waals surface area contributed by atoms with Crippen molar-refractivity contribution in [2.75, 3.05) is 0 Å². The van der Waals surface area contributed by atoms with Crippen molar-refractivity contribution >= 4 is 65.0 Å². The van der Waals surface area contributed by atoms with Gasteiger partial charge in [0.05, 0.1) is 33.6 Å². The van der Waals surface area contributed by atoms with Crippen molar-refractivity contribution in [3.63, 3.8) is 0 Å². The number of benzene rings is 9. The summed E-state index contributed by atoms with van der Waals surface area (Å²) < 4.78 is 0. The third-order valence-corrected chi connectivity index (χ3v) is 12.2. The maximum absolute atomic E-state index is 5.30. The van der Waals surface area contributed by atoms with Crippen LogP contribution in [-0.2, 0) is 0 Å². The highest BCUT2D eigenvalue weighted by Gasteiger charge is 2.24. The molecule has 0 fully saturated rings. The van der Waals surface area contributed by atoms with Gasteiger partial charge in [0.25, 0.3) is 0 Å². The third-order valence-electron chi connectivity index (χ3n) is 12.2. The standard InChI is InChI=1S/C57H33N9/c1-4-19-37(20-5-1)46-43-31-28-34-16-10-13-25-40(34)49(43)61-52(58-46)55-64-56(53-59-47(38-21-6-2-7-22-38)44-32-29-35-17-11-14-26-41(35)50(44)62-53)66-57(65-55)54-60-48(39-23-8-3-9-24-39)45-33-30-36-18-12-15-27-42(36)51(45)63-54/h1-33H. The van der Waals surface area contributed by atoms with E-state index in [9.17, 15) is 0 Å². The largest absolute Gasteiger partial charge is 0.224 e. The van der Waals surface area contributed by atoms with Crippen molar-refractivity contribution in [3.05, 3.63) is 200 Å². The summed E-state index contributed by atoms with van der Waals surface area (Å²) in [5.74, 6) is 1.62. The Hall–Kier alpha value is -9.21. The van der Waals surface area contributed by atoms with E-state index in [4.69, 9.17) is 44.9 Å². The van der Waals surface area contributed by atoms with Gasteiger partial charge in [-0.05, 0) is 34.4 Å². The SMILES string of the molecule is c1ccc(-c2nc(-c3nc(-c4nc(-c5ccccc5)c5ccc6ccccc6c5n4)nc(-c4nc(-c5ccccc5)c5ccc6ccccc6c5n4)n3)nc3c2ccc2ccccc23)cc1. The van der Waals surface area contributed by atoms with Gasteiger partial charge in [0.2, 0.25) is 17.5 Å². The second-order valence-electron chi connectivity index (χ2n) is 16.1. The highest BCUT2D eigenvalue weighted by Crippen LogP contribution is 2.37. The topological polar surface area (TPSA) is 116 Å². The van der Waals surface area contributed by atoms with E-state index in [1.165, 1.54) is 0 Å². The minimum Gasteiger partial charge on any atom is -0.224 e. The molecular formula is C57H33N9. The van der Waals surface area contributed by atoms with Crippen molar-refractivity contribution in [2.45, 2.75) is 0 Å². The summed E-state index contributed by atoms with van der Waals surface area (Å²) >= 11 is 0. The van der Waals surface area contributed by atoms with Crippen LogP contribution in [-0.4, -0.2) is 44.9 Å². The summed E-state index contributed by atoms with van der Waals surface area (Å²) in [6.45, 7) is 0. The third kappa shape index (κ3) is 6.29. The molecule has 9 aromatic carbocycles. The molecule has 66 heavy (non-hydrogen) atoms. The summed E-state index contributed by atoms with van der Waals surface area (Å²) in [7, 11) is 0. The number of rotatable bonds is 6. The number of fused-ring (bicyclic) bond motifs is 9. The van der Waals surface area contributed by atoms with Gasteiger partial charge in [0.15, 0.2) is 17.5 Å². The monoisotopic (exact) mass is 843 g/mol. The molecule has 9 heteroatoms. The maximum atomic E-state index is 5.30. The lowest BCUT2D eigenvalue weighted by molar-refractivity contribution is 0.999. The molecule has 13 rings (SSSR count). The molecule has 0 N–H and O–H groups in total. The Morgan fingerprint density at radius 1 is 0.182 bits per heavy atom. The molecule has 0 saturated carbocycles. The molecule has 9 nitrogen and oxygen atoms in total. The van der Waals surface area contributed by atoms with Gasteiger partial charge in [0, 0.05) is 49.0 Å². The van der Waals surface area contributed by atoms with E-state index in [1.807, 2.05) is 91.0 Å². The van der Waals surface area contributed by atoms with Crippen molar-refractivity contribution in [2.24, 2.45) is 0 Å². The highest BCUT2D eigenvalue weighted by molar-refractivity contribution is 6.12. The highest BCUT2D eigenvalue weighted by atomic mass is 15.1. The zero-order valence-electron chi connectivity index (χ0n) is 35.1. The lowest BCUT2D eigenvalue weighted by Gasteiger charge is -2.14. The molecule has 0 aliphatic carbocycles. The molecule has 306 valence electrons. The number of hydrogen-bond acceptors (Lipinski definition) is 9. The van der Waals surface area contributed by atoms with Crippen LogP contribution in [0.4, 0.5) is 0 Å². The fraction of sp³-hybridized carbons (Fsp3) is 0. The van der Waals surface area contributed by atoms with Crippen LogP contribution in [0.1, 0.15) is 0 Å². The van der Waals surface area contributed by atoms with Crippen molar-refractivity contribution in [1.29, 1.82) is 0 Å². The van der Waals surface area contributed by atoms with Gasteiger partial charge < -0.3 is 0 Å². The van der Waals surface area contributed by atoms with Gasteiger partial charge in [-0.1, -0.05) is 182 Å². The Labute approximate surface area is 377 Å². The van der Waals surface area contributed by atoms with Crippen LogP contribution in [0.2, 0.25) is 0 Å². The van der Waals surface area contributed by atoms with Gasteiger partial charge in [-0.25, -0.2) is 44.9 Å². The van der Waals surface area contributed by atoms with E-state index >= 15 is 0 Å². The second kappa shape index (κ2) is 15.3. The van der Waals surface area contributed by atoms with Gasteiger partial charge in [-0.2, -0.15) is 0 Å². The predicted molar refractivity (Wildman–Crippen MR) is 264 cm³/mol. The molecule has 0 saturated heterocycles. The molecular weight excluding hydrogens is 811 g/mol. The molecule has 0 atom stereocenters. The Morgan fingerprint density at radius 3 is 0.742 bits per heavy atom. The van der Waals surface area contributed by atoms with Crippen LogP contribution in [0.25, 0.3) is 134 Å². The lowest BCUT2D eigenvalue weighted by atomic mass is 10.0. The van der Waals surface area contributed by atoms with Crippen molar-refractivity contribution < 1.29 is 0 Å². The molecule has 4 aromatic heterocycles. The molecule has 0 amide bonds. The molecule has 0 aliphatic rings. The summed E-state index contributed by atoms with van der Waals surface area (Å²) in [4.78, 5) is 47.4.